The van der Waals surface area contributed by atoms with Crippen LogP contribution in [0.3, 0.4) is 0 Å². The lowest BCUT2D eigenvalue weighted by Crippen LogP contribution is -2.36. The van der Waals surface area contributed by atoms with E-state index in [-0.39, 0.29) is 6.04 Å². The summed E-state index contributed by atoms with van der Waals surface area (Å²) in [4.78, 5) is 13.7. The Hall–Kier alpha value is -2.19. The van der Waals surface area contributed by atoms with Crippen molar-refractivity contribution in [3.05, 3.63) is 75.5 Å². The number of hydrogen-bond donors (Lipinski definition) is 2. The first-order chi connectivity index (χ1) is 13.5. The number of aryl methyl sites for hydroxylation is 1. The quantitative estimate of drug-likeness (QED) is 0.467. The van der Waals surface area contributed by atoms with Crippen LogP contribution in [0, 0.1) is 6.92 Å². The zero-order chi connectivity index (χ0) is 19.7. The van der Waals surface area contributed by atoms with Crippen LogP contribution in [0.25, 0.3) is 21.6 Å². The van der Waals surface area contributed by atoms with E-state index in [0.717, 1.165) is 36.4 Å². The number of benzene rings is 1. The van der Waals surface area contributed by atoms with E-state index >= 15 is 0 Å². The molecule has 4 rings (SSSR count). The number of halogens is 1. The highest BCUT2D eigenvalue weighted by Crippen LogP contribution is 2.38. The topological polar surface area (TPSA) is 90.7 Å². The van der Waals surface area contributed by atoms with E-state index in [1.807, 2.05) is 37.3 Å². The van der Waals surface area contributed by atoms with Crippen LogP contribution in [0.5, 0.6) is 0 Å². The highest BCUT2D eigenvalue weighted by Gasteiger charge is 2.24. The average molecular weight is 454 g/mol. The van der Waals surface area contributed by atoms with E-state index in [1.165, 1.54) is 0 Å². The second-order valence-electron chi connectivity index (χ2n) is 6.73. The van der Waals surface area contributed by atoms with Gasteiger partial charge in [0.15, 0.2) is 5.82 Å². The molecule has 0 radical (unpaired) electrons. The lowest BCUT2D eigenvalue weighted by molar-refractivity contribution is 0.537. The van der Waals surface area contributed by atoms with Crippen molar-refractivity contribution >= 4 is 37.5 Å². The van der Waals surface area contributed by atoms with Crippen molar-refractivity contribution in [1.82, 2.24) is 15.0 Å². The van der Waals surface area contributed by atoms with Gasteiger partial charge in [-0.15, -0.1) is 11.3 Å². The van der Waals surface area contributed by atoms with Gasteiger partial charge in [-0.2, -0.15) is 0 Å². The van der Waals surface area contributed by atoms with Gasteiger partial charge in [-0.05, 0) is 47.0 Å². The summed E-state index contributed by atoms with van der Waals surface area (Å²) in [7, 11) is 0. The summed E-state index contributed by atoms with van der Waals surface area (Å²) in [5, 5.41) is 0. The molecule has 0 saturated heterocycles. The summed E-state index contributed by atoms with van der Waals surface area (Å²) in [5.74, 6) is 0.640. The molecule has 0 aliphatic heterocycles. The zero-order valence-electron chi connectivity index (χ0n) is 15.3. The molecule has 2 atom stereocenters. The first-order valence-electron chi connectivity index (χ1n) is 8.96. The maximum Gasteiger partial charge on any atom is 0.160 e. The molecule has 0 amide bonds. The van der Waals surface area contributed by atoms with Crippen molar-refractivity contribution in [2.45, 2.75) is 25.4 Å². The van der Waals surface area contributed by atoms with E-state index in [4.69, 9.17) is 21.4 Å². The molecule has 4 aromatic rings. The third kappa shape index (κ3) is 3.71. The van der Waals surface area contributed by atoms with E-state index in [0.29, 0.717) is 12.2 Å². The second kappa shape index (κ2) is 8.05. The molecule has 142 valence electrons. The minimum Gasteiger partial charge on any atom is -0.326 e. The number of aromatic nitrogens is 3. The molecule has 28 heavy (non-hydrogen) atoms. The number of fused-ring (bicyclic) bond motifs is 1. The van der Waals surface area contributed by atoms with Crippen LogP contribution in [0.2, 0.25) is 0 Å². The van der Waals surface area contributed by atoms with Crippen molar-refractivity contribution in [1.29, 1.82) is 0 Å². The highest BCUT2D eigenvalue weighted by atomic mass is 79.9. The maximum absolute atomic E-state index is 6.62. The Labute approximate surface area is 176 Å². The minimum absolute atomic E-state index is 0.257. The Kier molecular flexibility index (Phi) is 5.50. The number of rotatable bonds is 5. The Morgan fingerprint density at radius 1 is 1.04 bits per heavy atom. The van der Waals surface area contributed by atoms with Gasteiger partial charge in [0, 0.05) is 29.6 Å². The van der Waals surface area contributed by atoms with Gasteiger partial charge in [0.05, 0.1) is 25.7 Å². The Morgan fingerprint density at radius 2 is 1.75 bits per heavy atom. The molecular formula is C21H20BrN5S. The average Bonchev–Trinajstić information content (AvgIpc) is 3.02. The predicted octanol–water partition coefficient (Wildman–Crippen LogP) is 4.39. The smallest absolute Gasteiger partial charge is 0.160 e. The van der Waals surface area contributed by atoms with Crippen LogP contribution in [-0.4, -0.2) is 21.0 Å². The Bertz CT molecular complexity index is 1100. The van der Waals surface area contributed by atoms with Gasteiger partial charge in [0.25, 0.3) is 0 Å². The summed E-state index contributed by atoms with van der Waals surface area (Å²) >= 11 is 5.24. The molecule has 0 aliphatic rings. The normalized spacial score (nSPS) is 13.6. The van der Waals surface area contributed by atoms with E-state index in [9.17, 15) is 0 Å². The lowest BCUT2D eigenvalue weighted by atomic mass is 9.98. The third-order valence-electron chi connectivity index (χ3n) is 4.76. The summed E-state index contributed by atoms with van der Waals surface area (Å²) in [5.41, 5.74) is 18.0. The van der Waals surface area contributed by atoms with Gasteiger partial charge < -0.3 is 11.5 Å². The van der Waals surface area contributed by atoms with Gasteiger partial charge in [-0.25, -0.2) is 9.97 Å². The molecule has 3 aromatic heterocycles. The molecule has 0 bridgehead atoms. The monoisotopic (exact) mass is 453 g/mol. The van der Waals surface area contributed by atoms with E-state index in [2.05, 4.69) is 33.0 Å². The molecule has 4 N–H and O–H groups in total. The molecule has 3 heterocycles. The summed E-state index contributed by atoms with van der Waals surface area (Å²) in [6.45, 7) is 2.05. The van der Waals surface area contributed by atoms with Crippen LogP contribution in [0.4, 0.5) is 0 Å². The van der Waals surface area contributed by atoms with Crippen molar-refractivity contribution in [3.63, 3.8) is 0 Å². The fraction of sp³-hybridized carbons (Fsp3) is 0.190. The molecule has 2 unspecified atom stereocenters. The van der Waals surface area contributed by atoms with E-state index in [1.54, 1.807) is 23.7 Å². The van der Waals surface area contributed by atoms with Gasteiger partial charge in [-0.3, -0.25) is 4.98 Å². The zero-order valence-corrected chi connectivity index (χ0v) is 17.7. The van der Waals surface area contributed by atoms with Crippen LogP contribution < -0.4 is 11.5 Å². The SMILES string of the molecule is Cc1c(Br)sc2c(C(N)C(N)Cc3ccccc3)nc(-c3ccncc3)nc12. The first-order valence-corrected chi connectivity index (χ1v) is 10.6. The van der Waals surface area contributed by atoms with Crippen molar-refractivity contribution in [2.75, 3.05) is 0 Å². The number of pyridine rings is 1. The molecule has 5 nitrogen and oxygen atoms in total. The molecule has 0 saturated carbocycles. The number of nitrogens with zero attached hydrogens (tertiary/aromatic N) is 3. The van der Waals surface area contributed by atoms with Gasteiger partial charge >= 0.3 is 0 Å². The fourth-order valence-electron chi connectivity index (χ4n) is 3.15. The largest absolute Gasteiger partial charge is 0.326 e. The standard InChI is InChI=1S/C21H20BrN5S/c1-12-17-19(28-20(12)22)18(27-21(26-17)14-7-9-25-10-8-14)16(24)15(23)11-13-5-3-2-4-6-13/h2-10,15-16H,11,23-24H2,1H3. The number of nitrogens with two attached hydrogens (primary N) is 2. The van der Waals surface area contributed by atoms with Crippen LogP contribution >= 0.6 is 27.3 Å². The molecule has 0 spiro atoms. The van der Waals surface area contributed by atoms with Crippen LogP contribution in [0.15, 0.2) is 58.6 Å². The van der Waals surface area contributed by atoms with Crippen molar-refractivity contribution < 1.29 is 0 Å². The molecular weight excluding hydrogens is 434 g/mol. The first kappa shape index (κ1) is 19.1. The summed E-state index contributed by atoms with van der Waals surface area (Å²) < 4.78 is 2.02. The van der Waals surface area contributed by atoms with Gasteiger partial charge in [-0.1, -0.05) is 30.3 Å². The van der Waals surface area contributed by atoms with Crippen LogP contribution in [0.1, 0.15) is 22.9 Å². The molecule has 0 fully saturated rings. The van der Waals surface area contributed by atoms with Gasteiger partial charge in [0.1, 0.15) is 0 Å². The highest BCUT2D eigenvalue weighted by molar-refractivity contribution is 9.11. The number of hydrogen-bond acceptors (Lipinski definition) is 6. The van der Waals surface area contributed by atoms with Crippen molar-refractivity contribution in [2.24, 2.45) is 11.5 Å². The Morgan fingerprint density at radius 3 is 2.46 bits per heavy atom. The summed E-state index contributed by atoms with van der Waals surface area (Å²) in [6, 6.07) is 13.3. The molecule has 7 heteroatoms. The van der Waals surface area contributed by atoms with E-state index < -0.39 is 6.04 Å². The molecule has 0 aliphatic carbocycles. The Balaban J connectivity index is 1.79. The van der Waals surface area contributed by atoms with Crippen molar-refractivity contribution in [3.8, 4) is 11.4 Å². The predicted molar refractivity (Wildman–Crippen MR) is 118 cm³/mol. The fourth-order valence-corrected chi connectivity index (χ4v) is 4.84. The number of thiophene rings is 1. The second-order valence-corrected chi connectivity index (χ2v) is 9.06. The van der Waals surface area contributed by atoms with Crippen LogP contribution in [-0.2, 0) is 6.42 Å². The van der Waals surface area contributed by atoms with Gasteiger partial charge in [0.2, 0.25) is 0 Å². The summed E-state index contributed by atoms with van der Waals surface area (Å²) in [6.07, 6.45) is 4.16. The minimum atomic E-state index is -0.406. The third-order valence-corrected chi connectivity index (χ3v) is 6.94. The maximum atomic E-state index is 6.62. The molecule has 1 aromatic carbocycles. The lowest BCUT2D eigenvalue weighted by Gasteiger charge is -2.20.